The zero-order chi connectivity index (χ0) is 11.5. The van der Waals surface area contributed by atoms with Gasteiger partial charge in [0.15, 0.2) is 0 Å². The summed E-state index contributed by atoms with van der Waals surface area (Å²) >= 11 is 0. The molecular weight excluding hydrogens is 204 g/mol. The topological polar surface area (TPSA) is 84.1 Å². The second-order valence-corrected chi connectivity index (χ2v) is 4.44. The minimum Gasteiger partial charge on any atom is -0.393 e. The minimum atomic E-state index is -0.121. The summed E-state index contributed by atoms with van der Waals surface area (Å²) in [5.41, 5.74) is 5.63. The minimum absolute atomic E-state index is 0.121. The van der Waals surface area contributed by atoms with E-state index in [2.05, 4.69) is 15.3 Å². The second kappa shape index (κ2) is 4.65. The Kier molecular flexibility index (Phi) is 3.24. The van der Waals surface area contributed by atoms with Crippen LogP contribution in [0.2, 0.25) is 0 Å². The molecule has 1 saturated carbocycles. The van der Waals surface area contributed by atoms with Crippen LogP contribution >= 0.6 is 0 Å². The highest BCUT2D eigenvalue weighted by Crippen LogP contribution is 2.25. The molecule has 5 heteroatoms. The van der Waals surface area contributed by atoms with Crippen LogP contribution in [0.25, 0.3) is 0 Å². The molecule has 1 aromatic rings. The van der Waals surface area contributed by atoms with Crippen LogP contribution in [0.5, 0.6) is 0 Å². The summed E-state index contributed by atoms with van der Waals surface area (Å²) in [4.78, 5) is 8.26. The maximum Gasteiger partial charge on any atom is 0.131 e. The van der Waals surface area contributed by atoms with Crippen LogP contribution in [0.3, 0.4) is 0 Å². The monoisotopic (exact) mass is 222 g/mol. The summed E-state index contributed by atoms with van der Waals surface area (Å²) in [6, 6.07) is 1.73. The number of hydrogen-bond donors (Lipinski definition) is 3. The van der Waals surface area contributed by atoms with E-state index in [9.17, 15) is 5.11 Å². The summed E-state index contributed by atoms with van der Waals surface area (Å²) in [6.45, 7) is 2.66. The molecule has 5 nitrogen and oxygen atoms in total. The van der Waals surface area contributed by atoms with E-state index in [1.807, 2.05) is 6.92 Å². The Balaban J connectivity index is 1.89. The zero-order valence-corrected chi connectivity index (χ0v) is 9.48. The molecule has 0 amide bonds. The lowest BCUT2D eigenvalue weighted by Crippen LogP contribution is -2.14. The summed E-state index contributed by atoms with van der Waals surface area (Å²) in [5, 5.41) is 12.7. The fourth-order valence-corrected chi connectivity index (χ4v) is 2.16. The van der Waals surface area contributed by atoms with Crippen molar-refractivity contribution in [2.24, 2.45) is 5.92 Å². The van der Waals surface area contributed by atoms with Gasteiger partial charge >= 0.3 is 0 Å². The highest BCUT2D eigenvalue weighted by Gasteiger charge is 2.22. The van der Waals surface area contributed by atoms with Crippen LogP contribution in [0.1, 0.15) is 25.1 Å². The van der Waals surface area contributed by atoms with Crippen LogP contribution in [-0.2, 0) is 0 Å². The Labute approximate surface area is 95.1 Å². The third kappa shape index (κ3) is 2.82. The fraction of sp³-hybridized carbons (Fsp3) is 0.636. The van der Waals surface area contributed by atoms with E-state index < -0.39 is 0 Å². The quantitative estimate of drug-likeness (QED) is 0.709. The van der Waals surface area contributed by atoms with Crippen LogP contribution in [0.15, 0.2) is 6.07 Å². The van der Waals surface area contributed by atoms with Crippen molar-refractivity contribution >= 4 is 11.6 Å². The molecule has 2 rings (SSSR count). The number of anilines is 2. The molecule has 2 unspecified atom stereocenters. The molecule has 0 aromatic carbocycles. The average Bonchev–Trinajstić information content (AvgIpc) is 2.60. The lowest BCUT2D eigenvalue weighted by atomic mass is 10.1. The van der Waals surface area contributed by atoms with E-state index in [4.69, 9.17) is 5.73 Å². The van der Waals surface area contributed by atoms with Gasteiger partial charge in [-0.1, -0.05) is 0 Å². The molecule has 0 saturated heterocycles. The summed E-state index contributed by atoms with van der Waals surface area (Å²) in [7, 11) is 0. The van der Waals surface area contributed by atoms with Gasteiger partial charge in [0.05, 0.1) is 6.10 Å². The standard InChI is InChI=1S/C11H18N4O/c1-7-14-10(12)5-11(15-7)13-6-8-2-3-9(16)4-8/h5,8-9,16H,2-4,6H2,1H3,(H3,12,13,14,15). The first-order chi connectivity index (χ1) is 7.63. The van der Waals surface area contributed by atoms with Crippen molar-refractivity contribution in [3.8, 4) is 0 Å². The van der Waals surface area contributed by atoms with Gasteiger partial charge in [0, 0.05) is 12.6 Å². The average molecular weight is 222 g/mol. The molecule has 1 heterocycles. The van der Waals surface area contributed by atoms with Crippen molar-refractivity contribution in [1.29, 1.82) is 0 Å². The molecule has 0 radical (unpaired) electrons. The number of rotatable bonds is 3. The summed E-state index contributed by atoms with van der Waals surface area (Å²) in [5.74, 6) is 2.47. The van der Waals surface area contributed by atoms with Gasteiger partial charge in [0.2, 0.25) is 0 Å². The first kappa shape index (κ1) is 11.1. The second-order valence-electron chi connectivity index (χ2n) is 4.44. The number of aryl methyl sites for hydroxylation is 1. The third-order valence-corrected chi connectivity index (χ3v) is 2.94. The zero-order valence-electron chi connectivity index (χ0n) is 9.48. The predicted molar refractivity (Wildman–Crippen MR) is 63.0 cm³/mol. The van der Waals surface area contributed by atoms with E-state index in [1.54, 1.807) is 6.07 Å². The number of nitrogens with one attached hydrogen (secondary N) is 1. The van der Waals surface area contributed by atoms with Crippen molar-refractivity contribution in [3.63, 3.8) is 0 Å². The Morgan fingerprint density at radius 2 is 2.31 bits per heavy atom. The Bertz CT molecular complexity index is 349. The molecule has 1 fully saturated rings. The maximum absolute atomic E-state index is 9.41. The number of aliphatic hydroxyl groups is 1. The van der Waals surface area contributed by atoms with Crippen LogP contribution in [0, 0.1) is 12.8 Å². The van der Waals surface area contributed by atoms with Gasteiger partial charge < -0.3 is 16.2 Å². The van der Waals surface area contributed by atoms with Gasteiger partial charge in [-0.3, -0.25) is 0 Å². The lowest BCUT2D eigenvalue weighted by Gasteiger charge is -2.11. The van der Waals surface area contributed by atoms with Crippen molar-refractivity contribution in [2.75, 3.05) is 17.6 Å². The fourth-order valence-electron chi connectivity index (χ4n) is 2.16. The van der Waals surface area contributed by atoms with Crippen molar-refractivity contribution < 1.29 is 5.11 Å². The molecule has 1 aromatic heterocycles. The molecule has 0 aliphatic heterocycles. The molecule has 1 aliphatic carbocycles. The number of aliphatic hydroxyl groups excluding tert-OH is 1. The highest BCUT2D eigenvalue weighted by molar-refractivity contribution is 5.44. The van der Waals surface area contributed by atoms with Gasteiger partial charge in [-0.05, 0) is 32.1 Å². The Morgan fingerprint density at radius 3 is 2.94 bits per heavy atom. The number of nitrogens with two attached hydrogens (primary N) is 1. The van der Waals surface area contributed by atoms with Gasteiger partial charge in [0.25, 0.3) is 0 Å². The lowest BCUT2D eigenvalue weighted by molar-refractivity contribution is 0.178. The van der Waals surface area contributed by atoms with E-state index in [0.717, 1.165) is 31.6 Å². The van der Waals surface area contributed by atoms with E-state index in [1.165, 1.54) is 0 Å². The Morgan fingerprint density at radius 1 is 1.50 bits per heavy atom. The van der Waals surface area contributed by atoms with Crippen LogP contribution < -0.4 is 11.1 Å². The van der Waals surface area contributed by atoms with Crippen molar-refractivity contribution in [3.05, 3.63) is 11.9 Å². The largest absolute Gasteiger partial charge is 0.393 e. The molecule has 1 aliphatic rings. The number of nitrogen functional groups attached to an aromatic ring is 1. The van der Waals surface area contributed by atoms with E-state index in [0.29, 0.717) is 17.6 Å². The molecule has 88 valence electrons. The molecule has 4 N–H and O–H groups in total. The van der Waals surface area contributed by atoms with Gasteiger partial charge in [0.1, 0.15) is 17.5 Å². The van der Waals surface area contributed by atoms with Crippen LogP contribution in [0.4, 0.5) is 11.6 Å². The van der Waals surface area contributed by atoms with E-state index in [-0.39, 0.29) is 6.10 Å². The summed E-state index contributed by atoms with van der Waals surface area (Å²) in [6.07, 6.45) is 2.75. The van der Waals surface area contributed by atoms with E-state index >= 15 is 0 Å². The van der Waals surface area contributed by atoms with Gasteiger partial charge in [-0.15, -0.1) is 0 Å². The Hall–Kier alpha value is -1.36. The summed E-state index contributed by atoms with van der Waals surface area (Å²) < 4.78 is 0. The van der Waals surface area contributed by atoms with Crippen LogP contribution in [-0.4, -0.2) is 27.7 Å². The third-order valence-electron chi connectivity index (χ3n) is 2.94. The molecular formula is C11H18N4O. The van der Waals surface area contributed by atoms with Crippen molar-refractivity contribution in [2.45, 2.75) is 32.3 Å². The first-order valence-electron chi connectivity index (χ1n) is 5.66. The molecule has 16 heavy (non-hydrogen) atoms. The number of aromatic nitrogens is 2. The smallest absolute Gasteiger partial charge is 0.131 e. The van der Waals surface area contributed by atoms with Crippen molar-refractivity contribution in [1.82, 2.24) is 9.97 Å². The normalized spacial score (nSPS) is 24.6. The predicted octanol–water partition coefficient (Wildman–Crippen LogP) is 0.940. The SMILES string of the molecule is Cc1nc(N)cc(NCC2CCC(O)C2)n1. The molecule has 2 atom stereocenters. The number of hydrogen-bond acceptors (Lipinski definition) is 5. The maximum atomic E-state index is 9.41. The number of nitrogens with zero attached hydrogens (tertiary/aromatic N) is 2. The first-order valence-corrected chi connectivity index (χ1v) is 5.66. The van der Waals surface area contributed by atoms with Gasteiger partial charge in [-0.2, -0.15) is 0 Å². The molecule has 0 bridgehead atoms. The highest BCUT2D eigenvalue weighted by atomic mass is 16.3. The molecule has 0 spiro atoms. The van der Waals surface area contributed by atoms with Gasteiger partial charge in [-0.25, -0.2) is 9.97 Å².